The van der Waals surface area contributed by atoms with Gasteiger partial charge in [0.25, 0.3) is 0 Å². The van der Waals surface area contributed by atoms with E-state index in [0.29, 0.717) is 16.3 Å². The van der Waals surface area contributed by atoms with Gasteiger partial charge in [0.1, 0.15) is 5.75 Å². The van der Waals surface area contributed by atoms with Crippen LogP contribution in [-0.2, 0) is 9.53 Å². The second-order valence-electron chi connectivity index (χ2n) is 4.36. The molecule has 0 radical (unpaired) electrons. The molecule has 0 aromatic heterocycles. The SMILES string of the molecule is COC(=O)C(Oc1ccc(C)cc1)c1ccccc1Cl. The first-order valence-corrected chi connectivity index (χ1v) is 6.55. The van der Waals surface area contributed by atoms with E-state index in [2.05, 4.69) is 0 Å². The number of hydrogen-bond acceptors (Lipinski definition) is 3. The molecule has 0 saturated carbocycles. The summed E-state index contributed by atoms with van der Waals surface area (Å²) in [4.78, 5) is 11.9. The lowest BCUT2D eigenvalue weighted by molar-refractivity contribution is -0.149. The average molecular weight is 291 g/mol. The van der Waals surface area contributed by atoms with Gasteiger partial charge in [-0.25, -0.2) is 4.79 Å². The van der Waals surface area contributed by atoms with Crippen molar-refractivity contribution in [1.82, 2.24) is 0 Å². The van der Waals surface area contributed by atoms with Gasteiger partial charge in [-0.15, -0.1) is 0 Å². The van der Waals surface area contributed by atoms with Gasteiger partial charge in [-0.2, -0.15) is 0 Å². The zero-order valence-electron chi connectivity index (χ0n) is 11.3. The zero-order chi connectivity index (χ0) is 14.5. The molecule has 0 spiro atoms. The Morgan fingerprint density at radius 3 is 2.35 bits per heavy atom. The van der Waals surface area contributed by atoms with E-state index in [0.717, 1.165) is 5.56 Å². The van der Waals surface area contributed by atoms with Gasteiger partial charge in [-0.3, -0.25) is 0 Å². The molecule has 3 nitrogen and oxygen atoms in total. The molecule has 2 aromatic carbocycles. The molecule has 0 saturated heterocycles. The molecule has 104 valence electrons. The Kier molecular flexibility index (Phi) is 4.64. The van der Waals surface area contributed by atoms with Crippen molar-refractivity contribution in [1.29, 1.82) is 0 Å². The lowest BCUT2D eigenvalue weighted by atomic mass is 10.1. The molecule has 1 unspecified atom stereocenters. The smallest absolute Gasteiger partial charge is 0.351 e. The summed E-state index contributed by atoms with van der Waals surface area (Å²) in [5.41, 5.74) is 1.70. The molecule has 0 N–H and O–H groups in total. The van der Waals surface area contributed by atoms with E-state index in [1.807, 2.05) is 31.2 Å². The minimum atomic E-state index is -0.878. The second kappa shape index (κ2) is 6.44. The Labute approximate surface area is 123 Å². The van der Waals surface area contributed by atoms with Crippen molar-refractivity contribution in [3.05, 3.63) is 64.7 Å². The van der Waals surface area contributed by atoms with E-state index >= 15 is 0 Å². The molecule has 0 aliphatic rings. The summed E-state index contributed by atoms with van der Waals surface area (Å²) >= 11 is 6.12. The number of halogens is 1. The summed E-state index contributed by atoms with van der Waals surface area (Å²) in [5.74, 6) is 0.101. The van der Waals surface area contributed by atoms with Crippen molar-refractivity contribution >= 4 is 17.6 Å². The topological polar surface area (TPSA) is 35.5 Å². The summed E-state index contributed by atoms with van der Waals surface area (Å²) in [5, 5.41) is 0.468. The highest BCUT2D eigenvalue weighted by Gasteiger charge is 2.25. The number of benzene rings is 2. The van der Waals surface area contributed by atoms with Crippen LogP contribution in [0.15, 0.2) is 48.5 Å². The predicted octanol–water partition coefficient (Wildman–Crippen LogP) is 3.94. The fourth-order valence-electron chi connectivity index (χ4n) is 1.79. The number of ether oxygens (including phenoxy) is 2. The van der Waals surface area contributed by atoms with Gasteiger partial charge in [0.05, 0.1) is 7.11 Å². The fourth-order valence-corrected chi connectivity index (χ4v) is 2.02. The van der Waals surface area contributed by atoms with Crippen molar-refractivity contribution in [3.63, 3.8) is 0 Å². The van der Waals surface area contributed by atoms with Crippen LogP contribution in [0.1, 0.15) is 17.2 Å². The third-order valence-corrected chi connectivity index (χ3v) is 3.22. The molecule has 20 heavy (non-hydrogen) atoms. The molecule has 1 atom stereocenters. The highest BCUT2D eigenvalue weighted by Crippen LogP contribution is 2.28. The molecule has 0 heterocycles. The molecule has 2 aromatic rings. The standard InChI is InChI=1S/C16H15ClO3/c1-11-7-9-12(10-8-11)20-15(16(18)19-2)13-5-3-4-6-14(13)17/h3-10,15H,1-2H3. The highest BCUT2D eigenvalue weighted by molar-refractivity contribution is 6.31. The summed E-state index contributed by atoms with van der Waals surface area (Å²) in [6.07, 6.45) is -0.878. The van der Waals surface area contributed by atoms with Crippen LogP contribution < -0.4 is 4.74 Å². The van der Waals surface area contributed by atoms with Crippen LogP contribution in [0.5, 0.6) is 5.75 Å². The minimum Gasteiger partial charge on any atom is -0.474 e. The zero-order valence-corrected chi connectivity index (χ0v) is 12.1. The number of hydrogen-bond donors (Lipinski definition) is 0. The second-order valence-corrected chi connectivity index (χ2v) is 4.76. The minimum absolute atomic E-state index is 0.468. The average Bonchev–Trinajstić information content (AvgIpc) is 2.47. The van der Waals surface area contributed by atoms with Gasteiger partial charge < -0.3 is 9.47 Å². The molecule has 0 bridgehead atoms. The number of aryl methyl sites for hydroxylation is 1. The number of carbonyl (C=O) groups excluding carboxylic acids is 1. The van der Waals surface area contributed by atoms with E-state index in [1.54, 1.807) is 24.3 Å². The van der Waals surface area contributed by atoms with Crippen LogP contribution in [0.4, 0.5) is 0 Å². The maximum Gasteiger partial charge on any atom is 0.351 e. The molecule has 4 heteroatoms. The van der Waals surface area contributed by atoms with Crippen LogP contribution in [0.3, 0.4) is 0 Å². The van der Waals surface area contributed by atoms with Crippen molar-refractivity contribution in [2.75, 3.05) is 7.11 Å². The van der Waals surface area contributed by atoms with Gasteiger partial charge in [-0.1, -0.05) is 47.5 Å². The molecule has 2 rings (SSSR count). The molecular formula is C16H15ClO3. The molecular weight excluding hydrogens is 276 g/mol. The van der Waals surface area contributed by atoms with Crippen molar-refractivity contribution in [3.8, 4) is 5.75 Å². The summed E-state index contributed by atoms with van der Waals surface area (Å²) in [6, 6.07) is 14.5. The normalized spacial score (nSPS) is 11.8. The Morgan fingerprint density at radius 2 is 1.75 bits per heavy atom. The Morgan fingerprint density at radius 1 is 1.10 bits per heavy atom. The molecule has 0 amide bonds. The molecule has 0 aliphatic carbocycles. The van der Waals surface area contributed by atoms with Gasteiger partial charge >= 0.3 is 5.97 Å². The number of methoxy groups -OCH3 is 1. The van der Waals surface area contributed by atoms with Gasteiger partial charge in [0, 0.05) is 10.6 Å². The van der Waals surface area contributed by atoms with Crippen LogP contribution in [0.2, 0.25) is 5.02 Å². The first-order valence-electron chi connectivity index (χ1n) is 6.17. The van der Waals surface area contributed by atoms with Crippen LogP contribution in [-0.4, -0.2) is 13.1 Å². The van der Waals surface area contributed by atoms with Crippen LogP contribution in [0.25, 0.3) is 0 Å². The van der Waals surface area contributed by atoms with E-state index in [9.17, 15) is 4.79 Å². The predicted molar refractivity (Wildman–Crippen MR) is 78.0 cm³/mol. The first kappa shape index (κ1) is 14.4. The Hall–Kier alpha value is -2.00. The maximum absolute atomic E-state index is 11.9. The number of carbonyl (C=O) groups is 1. The van der Waals surface area contributed by atoms with Crippen molar-refractivity contribution in [2.45, 2.75) is 13.0 Å². The Bertz CT molecular complexity index is 593. The summed E-state index contributed by atoms with van der Waals surface area (Å²) in [7, 11) is 1.32. The number of rotatable bonds is 4. The van der Waals surface area contributed by atoms with E-state index in [4.69, 9.17) is 21.1 Å². The lowest BCUT2D eigenvalue weighted by Crippen LogP contribution is -2.20. The number of esters is 1. The van der Waals surface area contributed by atoms with Crippen molar-refractivity contribution < 1.29 is 14.3 Å². The quantitative estimate of drug-likeness (QED) is 0.800. The highest BCUT2D eigenvalue weighted by atomic mass is 35.5. The lowest BCUT2D eigenvalue weighted by Gasteiger charge is -2.18. The first-order chi connectivity index (χ1) is 9.61. The van der Waals surface area contributed by atoms with Gasteiger partial charge in [0.15, 0.2) is 0 Å². The third-order valence-electron chi connectivity index (χ3n) is 2.88. The largest absolute Gasteiger partial charge is 0.474 e. The Balaban J connectivity index is 2.31. The van der Waals surface area contributed by atoms with Crippen molar-refractivity contribution in [2.24, 2.45) is 0 Å². The van der Waals surface area contributed by atoms with E-state index < -0.39 is 12.1 Å². The monoisotopic (exact) mass is 290 g/mol. The summed E-state index contributed by atoms with van der Waals surface area (Å²) < 4.78 is 10.5. The van der Waals surface area contributed by atoms with Gasteiger partial charge in [-0.05, 0) is 25.1 Å². The van der Waals surface area contributed by atoms with E-state index in [-0.39, 0.29) is 0 Å². The van der Waals surface area contributed by atoms with Crippen LogP contribution in [0, 0.1) is 6.92 Å². The van der Waals surface area contributed by atoms with Crippen LogP contribution >= 0.6 is 11.6 Å². The third kappa shape index (κ3) is 3.31. The summed E-state index contributed by atoms with van der Waals surface area (Å²) in [6.45, 7) is 1.98. The van der Waals surface area contributed by atoms with Gasteiger partial charge in [0.2, 0.25) is 6.10 Å². The molecule has 0 fully saturated rings. The maximum atomic E-state index is 11.9. The molecule has 0 aliphatic heterocycles. The van der Waals surface area contributed by atoms with E-state index in [1.165, 1.54) is 7.11 Å². The fraction of sp³-hybridized carbons (Fsp3) is 0.188.